The van der Waals surface area contributed by atoms with Gasteiger partial charge in [0.15, 0.2) is 0 Å². The van der Waals surface area contributed by atoms with Gasteiger partial charge in [0, 0.05) is 19.6 Å². The van der Waals surface area contributed by atoms with Crippen molar-refractivity contribution in [3.05, 3.63) is 24.3 Å². The van der Waals surface area contributed by atoms with E-state index in [-0.39, 0.29) is 5.92 Å². The maximum atomic E-state index is 11.3. The molecule has 2 heterocycles. The summed E-state index contributed by atoms with van der Waals surface area (Å²) in [6, 6.07) is 8.16. The molecule has 1 aliphatic heterocycles. The Kier molecular flexibility index (Phi) is 4.32. The van der Waals surface area contributed by atoms with E-state index in [1.165, 1.54) is 0 Å². The summed E-state index contributed by atoms with van der Waals surface area (Å²) in [4.78, 5) is 18.2. The van der Waals surface area contributed by atoms with Crippen LogP contribution >= 0.6 is 0 Å². The number of imidazole rings is 1. The van der Waals surface area contributed by atoms with E-state index >= 15 is 0 Å². The number of para-hydroxylation sites is 2. The number of hydrogen-bond donors (Lipinski definition) is 1. The monoisotopic (exact) mass is 301 g/mol. The van der Waals surface area contributed by atoms with Crippen molar-refractivity contribution < 1.29 is 9.90 Å². The van der Waals surface area contributed by atoms with Gasteiger partial charge in [-0.3, -0.25) is 4.79 Å². The molecular formula is C17H23N3O2. The van der Waals surface area contributed by atoms with Gasteiger partial charge in [-0.15, -0.1) is 0 Å². The van der Waals surface area contributed by atoms with Crippen LogP contribution in [-0.2, 0) is 11.3 Å². The Morgan fingerprint density at radius 1 is 1.41 bits per heavy atom. The average Bonchev–Trinajstić information content (AvgIpc) is 2.91. The van der Waals surface area contributed by atoms with Gasteiger partial charge < -0.3 is 14.6 Å². The largest absolute Gasteiger partial charge is 0.481 e. The third-order valence-corrected chi connectivity index (χ3v) is 4.42. The number of carboxylic acid groups (broad SMARTS) is 1. The zero-order valence-electron chi connectivity index (χ0n) is 13.0. The summed E-state index contributed by atoms with van der Waals surface area (Å²) in [5.41, 5.74) is 2.13. The highest BCUT2D eigenvalue weighted by atomic mass is 16.4. The Hall–Kier alpha value is -2.04. The van der Waals surface area contributed by atoms with Crippen LogP contribution in [0.2, 0.25) is 0 Å². The van der Waals surface area contributed by atoms with E-state index in [0.717, 1.165) is 55.8 Å². The highest BCUT2D eigenvalue weighted by molar-refractivity contribution is 5.79. The summed E-state index contributed by atoms with van der Waals surface area (Å²) >= 11 is 0. The lowest BCUT2D eigenvalue weighted by Crippen LogP contribution is -2.40. The number of rotatable bonds is 5. The number of anilines is 1. The minimum absolute atomic E-state index is 0.284. The molecule has 1 atom stereocenters. The molecule has 0 spiro atoms. The molecule has 1 aromatic heterocycles. The van der Waals surface area contributed by atoms with Crippen molar-refractivity contribution in [3.63, 3.8) is 0 Å². The van der Waals surface area contributed by atoms with Crippen molar-refractivity contribution in [3.8, 4) is 0 Å². The molecule has 2 aromatic rings. The van der Waals surface area contributed by atoms with Crippen LogP contribution in [0.1, 0.15) is 32.6 Å². The number of nitrogens with zero attached hydrogens (tertiary/aromatic N) is 3. The van der Waals surface area contributed by atoms with E-state index in [9.17, 15) is 9.90 Å². The Labute approximate surface area is 130 Å². The number of carboxylic acids is 1. The van der Waals surface area contributed by atoms with Crippen LogP contribution in [0.5, 0.6) is 0 Å². The van der Waals surface area contributed by atoms with E-state index in [0.29, 0.717) is 6.54 Å². The number of aliphatic carboxylic acids is 1. The van der Waals surface area contributed by atoms with Crippen LogP contribution in [0.15, 0.2) is 24.3 Å². The van der Waals surface area contributed by atoms with Gasteiger partial charge >= 0.3 is 5.97 Å². The predicted octanol–water partition coefficient (Wildman–Crippen LogP) is 3.14. The molecule has 3 rings (SSSR count). The highest BCUT2D eigenvalue weighted by Crippen LogP contribution is 2.27. The normalized spacial score (nSPS) is 18.8. The second-order valence-electron chi connectivity index (χ2n) is 6.03. The zero-order chi connectivity index (χ0) is 15.5. The first kappa shape index (κ1) is 14.9. The van der Waals surface area contributed by atoms with Crippen LogP contribution in [0.4, 0.5) is 5.95 Å². The van der Waals surface area contributed by atoms with Gasteiger partial charge in [-0.1, -0.05) is 25.5 Å². The summed E-state index contributed by atoms with van der Waals surface area (Å²) < 4.78 is 2.25. The SMILES string of the molecule is CCCCn1c(N2CCCC(C(=O)O)C2)nc2ccccc21. The summed E-state index contributed by atoms with van der Waals surface area (Å²) in [5.74, 6) is -0.0466. The third-order valence-electron chi connectivity index (χ3n) is 4.42. The number of hydrogen-bond acceptors (Lipinski definition) is 3. The molecule has 5 heteroatoms. The Morgan fingerprint density at radius 3 is 3.00 bits per heavy atom. The number of aryl methyl sites for hydroxylation is 1. The fraction of sp³-hybridized carbons (Fsp3) is 0.529. The molecule has 1 N–H and O–H groups in total. The van der Waals surface area contributed by atoms with Crippen LogP contribution in [-0.4, -0.2) is 33.7 Å². The molecule has 0 aliphatic carbocycles. The minimum Gasteiger partial charge on any atom is -0.481 e. The van der Waals surface area contributed by atoms with Gasteiger partial charge in [-0.2, -0.15) is 0 Å². The standard InChI is InChI=1S/C17H23N3O2/c1-2-3-11-20-15-9-5-4-8-14(15)18-17(20)19-10-6-7-13(12-19)16(21)22/h4-5,8-9,13H,2-3,6-7,10-12H2,1H3,(H,21,22). The number of piperidine rings is 1. The number of unbranched alkanes of at least 4 members (excludes halogenated alkanes) is 1. The topological polar surface area (TPSA) is 58.4 Å². The maximum absolute atomic E-state index is 11.3. The number of fused-ring (bicyclic) bond motifs is 1. The molecular weight excluding hydrogens is 278 g/mol. The van der Waals surface area contributed by atoms with Crippen molar-refractivity contribution >= 4 is 23.0 Å². The van der Waals surface area contributed by atoms with E-state index < -0.39 is 5.97 Å². The number of aromatic nitrogens is 2. The molecule has 1 fully saturated rings. The van der Waals surface area contributed by atoms with E-state index in [1.807, 2.05) is 18.2 Å². The molecule has 0 radical (unpaired) electrons. The summed E-state index contributed by atoms with van der Waals surface area (Å²) in [6.07, 6.45) is 3.90. The van der Waals surface area contributed by atoms with E-state index in [1.54, 1.807) is 0 Å². The molecule has 1 unspecified atom stereocenters. The molecule has 1 aliphatic rings. The molecule has 1 aromatic carbocycles. The van der Waals surface area contributed by atoms with Crippen molar-refractivity contribution in [1.29, 1.82) is 0 Å². The molecule has 0 bridgehead atoms. The molecule has 0 amide bonds. The lowest BCUT2D eigenvalue weighted by Gasteiger charge is -2.31. The molecule has 118 valence electrons. The van der Waals surface area contributed by atoms with Crippen LogP contribution in [0.3, 0.4) is 0 Å². The lowest BCUT2D eigenvalue weighted by molar-refractivity contribution is -0.141. The Morgan fingerprint density at radius 2 is 2.23 bits per heavy atom. The van der Waals surface area contributed by atoms with Crippen LogP contribution < -0.4 is 4.90 Å². The summed E-state index contributed by atoms with van der Waals surface area (Å²) in [6.45, 7) is 4.56. The minimum atomic E-state index is -0.694. The predicted molar refractivity (Wildman–Crippen MR) is 87.2 cm³/mol. The van der Waals surface area contributed by atoms with Gasteiger partial charge in [0.1, 0.15) is 0 Å². The summed E-state index contributed by atoms with van der Waals surface area (Å²) in [5, 5.41) is 9.30. The Bertz CT molecular complexity index is 665. The second-order valence-corrected chi connectivity index (χ2v) is 6.03. The van der Waals surface area contributed by atoms with E-state index in [2.05, 4.69) is 22.5 Å². The van der Waals surface area contributed by atoms with Gasteiger partial charge in [-0.25, -0.2) is 4.98 Å². The zero-order valence-corrected chi connectivity index (χ0v) is 13.0. The quantitative estimate of drug-likeness (QED) is 0.921. The first-order valence-corrected chi connectivity index (χ1v) is 8.13. The highest BCUT2D eigenvalue weighted by Gasteiger charge is 2.28. The van der Waals surface area contributed by atoms with Gasteiger partial charge in [0.05, 0.1) is 17.0 Å². The molecule has 0 saturated carbocycles. The fourth-order valence-corrected chi connectivity index (χ4v) is 3.20. The molecule has 5 nitrogen and oxygen atoms in total. The van der Waals surface area contributed by atoms with E-state index in [4.69, 9.17) is 4.98 Å². The van der Waals surface area contributed by atoms with Crippen molar-refractivity contribution in [2.24, 2.45) is 5.92 Å². The van der Waals surface area contributed by atoms with Crippen molar-refractivity contribution in [2.75, 3.05) is 18.0 Å². The summed E-state index contributed by atoms with van der Waals surface area (Å²) in [7, 11) is 0. The van der Waals surface area contributed by atoms with Crippen molar-refractivity contribution in [1.82, 2.24) is 9.55 Å². The van der Waals surface area contributed by atoms with Crippen LogP contribution in [0, 0.1) is 5.92 Å². The smallest absolute Gasteiger partial charge is 0.308 e. The maximum Gasteiger partial charge on any atom is 0.308 e. The second kappa shape index (κ2) is 6.38. The number of benzene rings is 1. The molecule has 22 heavy (non-hydrogen) atoms. The van der Waals surface area contributed by atoms with Gasteiger partial charge in [0.25, 0.3) is 0 Å². The Balaban J connectivity index is 1.96. The molecule has 1 saturated heterocycles. The van der Waals surface area contributed by atoms with Gasteiger partial charge in [-0.05, 0) is 31.4 Å². The van der Waals surface area contributed by atoms with Crippen LogP contribution in [0.25, 0.3) is 11.0 Å². The number of carbonyl (C=O) groups is 1. The average molecular weight is 301 g/mol. The third kappa shape index (κ3) is 2.80. The van der Waals surface area contributed by atoms with Gasteiger partial charge in [0.2, 0.25) is 5.95 Å². The lowest BCUT2D eigenvalue weighted by atomic mass is 9.99. The first-order valence-electron chi connectivity index (χ1n) is 8.13. The fourth-order valence-electron chi connectivity index (χ4n) is 3.20. The first-order chi connectivity index (χ1) is 10.7. The van der Waals surface area contributed by atoms with Crippen molar-refractivity contribution in [2.45, 2.75) is 39.2 Å².